The SMILES string of the molecule is CC(C)(C)[Si](C)(C)O[C@H]1CC[C@H](O)[C@H](O)[C@@H]1O. The molecule has 0 heterocycles. The summed E-state index contributed by atoms with van der Waals surface area (Å²) in [6.07, 6.45) is -2.16. The van der Waals surface area contributed by atoms with Crippen LogP contribution in [0.3, 0.4) is 0 Å². The van der Waals surface area contributed by atoms with Crippen LogP contribution in [0.5, 0.6) is 0 Å². The molecule has 0 amide bonds. The van der Waals surface area contributed by atoms with Crippen LogP contribution in [0.4, 0.5) is 0 Å². The first-order chi connectivity index (χ1) is 7.56. The molecule has 1 fully saturated rings. The first-order valence-corrected chi connectivity index (χ1v) is 9.19. The van der Waals surface area contributed by atoms with Crippen LogP contribution < -0.4 is 0 Å². The van der Waals surface area contributed by atoms with Gasteiger partial charge in [0.05, 0.1) is 12.2 Å². The molecule has 1 rings (SSSR count). The first kappa shape index (κ1) is 15.1. The Morgan fingerprint density at radius 3 is 2.00 bits per heavy atom. The molecule has 0 aromatic heterocycles. The molecule has 1 aliphatic carbocycles. The van der Waals surface area contributed by atoms with E-state index in [4.69, 9.17) is 4.43 Å². The minimum atomic E-state index is -1.94. The summed E-state index contributed by atoms with van der Waals surface area (Å²) in [5, 5.41) is 29.1. The number of hydrogen-bond donors (Lipinski definition) is 3. The normalized spacial score (nSPS) is 36.0. The Morgan fingerprint density at radius 2 is 1.53 bits per heavy atom. The summed E-state index contributed by atoms with van der Waals surface area (Å²) in [6, 6.07) is 0. The van der Waals surface area contributed by atoms with Gasteiger partial charge < -0.3 is 19.7 Å². The molecule has 0 aromatic carbocycles. The lowest BCUT2D eigenvalue weighted by Crippen LogP contribution is -2.55. The molecule has 0 aliphatic heterocycles. The van der Waals surface area contributed by atoms with Crippen molar-refractivity contribution in [2.75, 3.05) is 0 Å². The summed E-state index contributed by atoms with van der Waals surface area (Å²) in [5.41, 5.74) is 0. The fourth-order valence-corrected chi connectivity index (χ4v) is 3.18. The lowest BCUT2D eigenvalue weighted by Gasteiger charge is -2.43. The molecule has 102 valence electrons. The van der Waals surface area contributed by atoms with Gasteiger partial charge in [0, 0.05) is 0 Å². The number of rotatable bonds is 2. The molecule has 0 saturated heterocycles. The van der Waals surface area contributed by atoms with Crippen molar-refractivity contribution in [2.24, 2.45) is 0 Å². The van der Waals surface area contributed by atoms with Gasteiger partial charge in [-0.15, -0.1) is 0 Å². The fraction of sp³-hybridized carbons (Fsp3) is 1.00. The van der Waals surface area contributed by atoms with Crippen LogP contribution in [0.1, 0.15) is 33.6 Å². The van der Waals surface area contributed by atoms with E-state index in [0.29, 0.717) is 12.8 Å². The highest BCUT2D eigenvalue weighted by atomic mass is 28.4. The van der Waals surface area contributed by atoms with Gasteiger partial charge in [0.15, 0.2) is 8.32 Å². The van der Waals surface area contributed by atoms with Gasteiger partial charge in [-0.25, -0.2) is 0 Å². The van der Waals surface area contributed by atoms with Crippen molar-refractivity contribution in [1.29, 1.82) is 0 Å². The average molecular weight is 262 g/mol. The summed E-state index contributed by atoms with van der Waals surface area (Å²) in [6.45, 7) is 10.7. The monoisotopic (exact) mass is 262 g/mol. The molecule has 4 nitrogen and oxygen atoms in total. The Labute approximate surface area is 105 Å². The topological polar surface area (TPSA) is 69.9 Å². The van der Waals surface area contributed by atoms with E-state index in [-0.39, 0.29) is 11.1 Å². The van der Waals surface area contributed by atoms with E-state index >= 15 is 0 Å². The molecule has 0 bridgehead atoms. The minimum Gasteiger partial charge on any atom is -0.411 e. The Balaban J connectivity index is 2.70. The van der Waals surface area contributed by atoms with E-state index in [2.05, 4.69) is 33.9 Å². The maximum Gasteiger partial charge on any atom is 0.192 e. The lowest BCUT2D eigenvalue weighted by atomic mass is 9.90. The highest BCUT2D eigenvalue weighted by Crippen LogP contribution is 2.39. The molecule has 1 saturated carbocycles. The van der Waals surface area contributed by atoms with Gasteiger partial charge in [0.1, 0.15) is 12.2 Å². The van der Waals surface area contributed by atoms with Gasteiger partial charge in [-0.3, -0.25) is 0 Å². The third kappa shape index (κ3) is 3.29. The minimum absolute atomic E-state index is 0.0771. The first-order valence-electron chi connectivity index (χ1n) is 6.28. The average Bonchev–Trinajstić information content (AvgIpc) is 2.17. The van der Waals surface area contributed by atoms with Crippen molar-refractivity contribution in [3.05, 3.63) is 0 Å². The van der Waals surface area contributed by atoms with Gasteiger partial charge >= 0.3 is 0 Å². The molecule has 17 heavy (non-hydrogen) atoms. The van der Waals surface area contributed by atoms with Crippen LogP contribution >= 0.6 is 0 Å². The van der Waals surface area contributed by atoms with E-state index in [9.17, 15) is 15.3 Å². The van der Waals surface area contributed by atoms with Gasteiger partial charge in [-0.1, -0.05) is 20.8 Å². The molecule has 0 radical (unpaired) electrons. The molecular formula is C12H26O4Si. The quantitative estimate of drug-likeness (QED) is 0.655. The van der Waals surface area contributed by atoms with Crippen LogP contribution in [0.25, 0.3) is 0 Å². The zero-order chi connectivity index (χ0) is 13.4. The van der Waals surface area contributed by atoms with Crippen LogP contribution in [0.15, 0.2) is 0 Å². The highest BCUT2D eigenvalue weighted by molar-refractivity contribution is 6.74. The maximum atomic E-state index is 9.92. The van der Waals surface area contributed by atoms with Crippen molar-refractivity contribution in [3.63, 3.8) is 0 Å². The number of hydrogen-bond acceptors (Lipinski definition) is 4. The molecule has 0 unspecified atom stereocenters. The van der Waals surface area contributed by atoms with Crippen molar-refractivity contribution < 1.29 is 19.7 Å². The van der Waals surface area contributed by atoms with Gasteiger partial charge in [-0.2, -0.15) is 0 Å². The van der Waals surface area contributed by atoms with Crippen LogP contribution in [0.2, 0.25) is 18.1 Å². The highest BCUT2D eigenvalue weighted by Gasteiger charge is 2.44. The lowest BCUT2D eigenvalue weighted by molar-refractivity contribution is -0.131. The van der Waals surface area contributed by atoms with E-state index < -0.39 is 26.6 Å². The van der Waals surface area contributed by atoms with Gasteiger partial charge in [0.2, 0.25) is 0 Å². The molecule has 1 aliphatic rings. The molecule has 5 heteroatoms. The van der Waals surface area contributed by atoms with Gasteiger partial charge in [-0.05, 0) is 31.0 Å². The van der Waals surface area contributed by atoms with Crippen molar-refractivity contribution in [1.82, 2.24) is 0 Å². The third-order valence-electron chi connectivity index (χ3n) is 4.12. The van der Waals surface area contributed by atoms with E-state index in [1.54, 1.807) is 0 Å². The molecular weight excluding hydrogens is 236 g/mol. The number of aliphatic hydroxyl groups excluding tert-OH is 3. The van der Waals surface area contributed by atoms with Gasteiger partial charge in [0.25, 0.3) is 0 Å². The largest absolute Gasteiger partial charge is 0.411 e. The van der Waals surface area contributed by atoms with Crippen molar-refractivity contribution in [2.45, 2.75) is 76.2 Å². The van der Waals surface area contributed by atoms with Crippen molar-refractivity contribution >= 4 is 8.32 Å². The van der Waals surface area contributed by atoms with Crippen molar-refractivity contribution in [3.8, 4) is 0 Å². The summed E-state index contributed by atoms with van der Waals surface area (Å²) in [7, 11) is -1.94. The Hall–Kier alpha value is 0.0569. The summed E-state index contributed by atoms with van der Waals surface area (Å²) in [4.78, 5) is 0. The summed E-state index contributed by atoms with van der Waals surface area (Å²) >= 11 is 0. The standard InChI is InChI=1S/C12H26O4Si/c1-12(2,3)17(4,5)16-9-7-6-8(13)10(14)11(9)15/h8-11,13-15H,6-7H2,1-5H3/t8-,9-,10-,11+/m0/s1. The predicted molar refractivity (Wildman–Crippen MR) is 69.3 cm³/mol. The zero-order valence-electron chi connectivity index (χ0n) is 11.5. The fourth-order valence-electron chi connectivity index (χ4n) is 1.81. The van der Waals surface area contributed by atoms with Crippen LogP contribution in [0, 0.1) is 0 Å². The smallest absolute Gasteiger partial charge is 0.192 e. The summed E-state index contributed by atoms with van der Waals surface area (Å²) in [5.74, 6) is 0. The Morgan fingerprint density at radius 1 is 1.00 bits per heavy atom. The van der Waals surface area contributed by atoms with E-state index in [1.165, 1.54) is 0 Å². The zero-order valence-corrected chi connectivity index (χ0v) is 12.5. The predicted octanol–water partition coefficient (Wildman–Crippen LogP) is 1.25. The van der Waals surface area contributed by atoms with E-state index in [0.717, 1.165) is 0 Å². The Bertz CT molecular complexity index is 262. The summed E-state index contributed by atoms with van der Waals surface area (Å²) < 4.78 is 6.09. The van der Waals surface area contributed by atoms with E-state index in [1.807, 2.05) is 0 Å². The molecule has 3 N–H and O–H groups in total. The molecule has 4 atom stereocenters. The van der Waals surface area contributed by atoms with Crippen LogP contribution in [-0.2, 0) is 4.43 Å². The molecule has 0 aromatic rings. The second-order valence-corrected chi connectivity index (χ2v) is 11.3. The van der Waals surface area contributed by atoms with Crippen LogP contribution in [-0.4, -0.2) is 48.1 Å². The second kappa shape index (κ2) is 4.97. The maximum absolute atomic E-state index is 9.92. The number of aliphatic hydroxyl groups is 3. The third-order valence-corrected chi connectivity index (χ3v) is 8.63. The Kier molecular flexibility index (Phi) is 4.42. The molecule has 0 spiro atoms. The second-order valence-electron chi connectivity index (χ2n) is 6.54.